The van der Waals surface area contributed by atoms with Crippen LogP contribution in [0.3, 0.4) is 0 Å². The molecule has 0 bridgehead atoms. The molecule has 132 valence electrons. The maximum atomic E-state index is 13.1. The molecule has 0 aromatic heterocycles. The minimum atomic E-state index is -1.41. The average molecular weight is 351 g/mol. The van der Waals surface area contributed by atoms with Crippen LogP contribution in [0.1, 0.15) is 18.6 Å². The highest BCUT2D eigenvalue weighted by Crippen LogP contribution is 2.40. The van der Waals surface area contributed by atoms with Gasteiger partial charge in [-0.1, -0.05) is 36.4 Å². The highest BCUT2D eigenvalue weighted by atomic mass is 16.6. The van der Waals surface area contributed by atoms with E-state index in [0.717, 1.165) is 0 Å². The Balaban J connectivity index is 1.96. The van der Waals surface area contributed by atoms with Crippen LogP contribution in [0, 0.1) is 0 Å². The fraction of sp³-hybridized carbons (Fsp3) is 0.211. The predicted octanol–water partition coefficient (Wildman–Crippen LogP) is 3.73. The summed E-state index contributed by atoms with van der Waals surface area (Å²) in [6.45, 7) is 1.64. The molecule has 7 nitrogen and oxygen atoms in total. The fourth-order valence-electron chi connectivity index (χ4n) is 3.44. The first kappa shape index (κ1) is 16.3. The summed E-state index contributed by atoms with van der Waals surface area (Å²) in [6.07, 6.45) is -1.40. The average Bonchev–Trinajstić information content (AvgIpc) is 2.92. The smallest absolute Gasteiger partial charge is 0.415 e. The SMILES string of the molecule is CO[C@H]1C2=NC(=O)O[C@@]2(C)N(c2ccccc2)C(=O)Nc2ccccc21. The summed E-state index contributed by atoms with van der Waals surface area (Å²) in [4.78, 5) is 30.6. The van der Waals surface area contributed by atoms with Crippen molar-refractivity contribution >= 4 is 29.2 Å². The Kier molecular flexibility index (Phi) is 3.73. The number of nitrogens with one attached hydrogen (secondary N) is 1. The van der Waals surface area contributed by atoms with E-state index in [2.05, 4.69) is 10.3 Å². The molecule has 7 heteroatoms. The van der Waals surface area contributed by atoms with E-state index >= 15 is 0 Å². The minimum absolute atomic E-state index is 0.330. The molecule has 0 unspecified atom stereocenters. The van der Waals surface area contributed by atoms with Gasteiger partial charge in [0.25, 0.3) is 0 Å². The van der Waals surface area contributed by atoms with Crippen molar-refractivity contribution in [3.05, 3.63) is 60.2 Å². The van der Waals surface area contributed by atoms with Crippen LogP contribution in [0.2, 0.25) is 0 Å². The molecule has 0 saturated heterocycles. The fourth-order valence-corrected chi connectivity index (χ4v) is 3.44. The number of ether oxygens (including phenoxy) is 2. The summed E-state index contributed by atoms with van der Waals surface area (Å²) in [7, 11) is 1.53. The van der Waals surface area contributed by atoms with Crippen LogP contribution in [0.25, 0.3) is 0 Å². The normalized spacial score (nSPS) is 24.6. The molecule has 2 aromatic carbocycles. The Labute approximate surface area is 150 Å². The van der Waals surface area contributed by atoms with Crippen LogP contribution in [-0.2, 0) is 9.47 Å². The first-order chi connectivity index (χ1) is 12.5. The zero-order chi connectivity index (χ0) is 18.3. The van der Waals surface area contributed by atoms with Crippen LogP contribution in [0.15, 0.2) is 59.6 Å². The van der Waals surface area contributed by atoms with Gasteiger partial charge in [-0.3, -0.25) is 0 Å². The zero-order valence-electron chi connectivity index (χ0n) is 14.3. The molecule has 26 heavy (non-hydrogen) atoms. The van der Waals surface area contributed by atoms with Crippen molar-refractivity contribution in [3.8, 4) is 0 Å². The van der Waals surface area contributed by atoms with Gasteiger partial charge in [0.1, 0.15) is 11.8 Å². The van der Waals surface area contributed by atoms with E-state index in [9.17, 15) is 9.59 Å². The van der Waals surface area contributed by atoms with E-state index in [0.29, 0.717) is 22.6 Å². The van der Waals surface area contributed by atoms with Crippen LogP contribution in [0.4, 0.5) is 21.0 Å². The van der Waals surface area contributed by atoms with Crippen molar-refractivity contribution in [1.29, 1.82) is 0 Å². The minimum Gasteiger partial charge on any atom is -0.415 e. The first-order valence-electron chi connectivity index (χ1n) is 8.14. The van der Waals surface area contributed by atoms with E-state index in [4.69, 9.17) is 9.47 Å². The van der Waals surface area contributed by atoms with E-state index in [1.54, 1.807) is 37.3 Å². The monoisotopic (exact) mass is 351 g/mol. The second kappa shape index (κ2) is 5.96. The van der Waals surface area contributed by atoms with E-state index < -0.39 is 24.0 Å². The number of rotatable bonds is 2. The number of hydrogen-bond donors (Lipinski definition) is 1. The van der Waals surface area contributed by atoms with Gasteiger partial charge in [-0.15, -0.1) is 0 Å². The van der Waals surface area contributed by atoms with Crippen molar-refractivity contribution in [2.45, 2.75) is 18.8 Å². The number of amides is 3. The van der Waals surface area contributed by atoms with E-state index in [1.165, 1.54) is 12.0 Å². The molecule has 4 rings (SSSR count). The number of anilines is 2. The molecular weight excluding hydrogens is 334 g/mol. The maximum Gasteiger partial charge on any atom is 0.436 e. The van der Waals surface area contributed by atoms with Crippen molar-refractivity contribution in [2.75, 3.05) is 17.3 Å². The lowest BCUT2D eigenvalue weighted by atomic mass is 9.93. The molecule has 0 fully saturated rings. The van der Waals surface area contributed by atoms with Gasteiger partial charge in [0.15, 0.2) is 0 Å². The highest BCUT2D eigenvalue weighted by molar-refractivity contribution is 6.16. The number of para-hydroxylation sites is 2. The summed E-state index contributed by atoms with van der Waals surface area (Å²) in [5, 5.41) is 2.89. The van der Waals surface area contributed by atoms with Gasteiger partial charge in [-0.2, -0.15) is 4.99 Å². The van der Waals surface area contributed by atoms with E-state index in [-0.39, 0.29) is 0 Å². The summed E-state index contributed by atoms with van der Waals surface area (Å²) in [6, 6.07) is 15.8. The van der Waals surface area contributed by atoms with Gasteiger partial charge in [0.05, 0.1) is 0 Å². The molecule has 0 radical (unpaired) electrons. The quantitative estimate of drug-likeness (QED) is 0.894. The number of fused-ring (bicyclic) bond motifs is 2. The molecule has 1 N–H and O–H groups in total. The number of carbonyl (C=O) groups excluding carboxylic acids is 2. The molecule has 2 atom stereocenters. The molecule has 2 heterocycles. The van der Waals surface area contributed by atoms with Gasteiger partial charge < -0.3 is 14.8 Å². The van der Waals surface area contributed by atoms with Crippen molar-refractivity contribution in [1.82, 2.24) is 0 Å². The second-order valence-electron chi connectivity index (χ2n) is 6.15. The lowest BCUT2D eigenvalue weighted by Gasteiger charge is -2.40. The van der Waals surface area contributed by atoms with Crippen LogP contribution in [-0.4, -0.2) is 30.7 Å². The summed E-state index contributed by atoms with van der Waals surface area (Å²) < 4.78 is 11.2. The molecule has 2 aromatic rings. The topological polar surface area (TPSA) is 80.2 Å². The van der Waals surface area contributed by atoms with Gasteiger partial charge in [-0.05, 0) is 18.2 Å². The molecule has 3 amide bonds. The third-order valence-corrected chi connectivity index (χ3v) is 4.59. The molecular formula is C19H17N3O4. The summed E-state index contributed by atoms with van der Waals surface area (Å²) >= 11 is 0. The summed E-state index contributed by atoms with van der Waals surface area (Å²) in [5.74, 6) is 0. The Morgan fingerprint density at radius 1 is 1.12 bits per heavy atom. The van der Waals surface area contributed by atoms with Gasteiger partial charge in [-0.25, -0.2) is 14.5 Å². The Morgan fingerprint density at radius 3 is 2.54 bits per heavy atom. The molecule has 0 spiro atoms. The number of carbonyl (C=O) groups is 2. The lowest BCUT2D eigenvalue weighted by molar-refractivity contribution is 0.0821. The first-order valence-corrected chi connectivity index (χ1v) is 8.14. The third-order valence-electron chi connectivity index (χ3n) is 4.59. The van der Waals surface area contributed by atoms with Crippen LogP contribution in [0.5, 0.6) is 0 Å². The molecule has 0 aliphatic carbocycles. The maximum absolute atomic E-state index is 13.1. The number of urea groups is 1. The lowest BCUT2D eigenvalue weighted by Crippen LogP contribution is -2.59. The second-order valence-corrected chi connectivity index (χ2v) is 6.15. The standard InChI is InChI=1S/C19H17N3O4/c1-19-16(21-18(24)26-19)15(25-2)13-10-6-7-11-14(13)20-17(23)22(19)12-8-4-3-5-9-12/h3-11,15H,1-2H3,(H,20,23)/t15-,19-/m1/s1. The Bertz CT molecular complexity index is 912. The van der Waals surface area contributed by atoms with Crippen molar-refractivity contribution < 1.29 is 19.1 Å². The van der Waals surface area contributed by atoms with Crippen LogP contribution < -0.4 is 10.2 Å². The zero-order valence-corrected chi connectivity index (χ0v) is 14.3. The van der Waals surface area contributed by atoms with Gasteiger partial charge >= 0.3 is 12.1 Å². The Hall–Kier alpha value is -3.19. The number of benzene rings is 2. The highest BCUT2D eigenvalue weighted by Gasteiger charge is 2.53. The largest absolute Gasteiger partial charge is 0.436 e. The van der Waals surface area contributed by atoms with Gasteiger partial charge in [0.2, 0.25) is 5.72 Å². The van der Waals surface area contributed by atoms with Crippen LogP contribution >= 0.6 is 0 Å². The number of hydrogen-bond acceptors (Lipinski definition) is 4. The number of methoxy groups -OCH3 is 1. The molecule has 2 aliphatic heterocycles. The Morgan fingerprint density at radius 2 is 1.81 bits per heavy atom. The summed E-state index contributed by atoms with van der Waals surface area (Å²) in [5.41, 5.74) is 0.797. The third kappa shape index (κ3) is 2.36. The number of aliphatic imine (C=N–C) groups is 1. The number of nitrogens with zero attached hydrogens (tertiary/aromatic N) is 2. The molecule has 2 aliphatic rings. The molecule has 0 saturated carbocycles. The van der Waals surface area contributed by atoms with Gasteiger partial charge in [0, 0.05) is 31.0 Å². The van der Waals surface area contributed by atoms with E-state index in [1.807, 2.05) is 24.3 Å². The predicted molar refractivity (Wildman–Crippen MR) is 96.5 cm³/mol. The van der Waals surface area contributed by atoms with Crippen molar-refractivity contribution in [3.63, 3.8) is 0 Å². The van der Waals surface area contributed by atoms with Crippen molar-refractivity contribution in [2.24, 2.45) is 4.99 Å².